The third-order valence-corrected chi connectivity index (χ3v) is 6.05. The third kappa shape index (κ3) is 2.84. The molecular weight excluding hydrogens is 356 g/mol. The van der Waals surface area contributed by atoms with Crippen LogP contribution in [0, 0.1) is 16.7 Å². The van der Waals surface area contributed by atoms with E-state index in [9.17, 15) is 10.1 Å². The van der Waals surface area contributed by atoms with Crippen molar-refractivity contribution in [2.75, 3.05) is 4.90 Å². The number of hydrogen-bond acceptors (Lipinski definition) is 6. The van der Waals surface area contributed by atoms with Gasteiger partial charge in [0.1, 0.15) is 5.82 Å². The molecule has 2 N–H and O–H groups in total. The molecule has 136 valence electrons. The number of carbonyl (C=O) groups excluding carboxylic acids is 1. The molecule has 0 saturated heterocycles. The third-order valence-electron chi connectivity index (χ3n) is 5.11. The number of ketones is 1. The molecule has 0 saturated carbocycles. The van der Waals surface area contributed by atoms with Crippen molar-refractivity contribution in [2.45, 2.75) is 32.6 Å². The van der Waals surface area contributed by atoms with Crippen LogP contribution in [0.15, 0.2) is 64.7 Å². The summed E-state index contributed by atoms with van der Waals surface area (Å²) in [6, 6.07) is 9.92. The minimum atomic E-state index is -0.387. The first-order valence-electron chi connectivity index (χ1n) is 8.82. The number of allylic oxidation sites excluding steroid dienone is 3. The van der Waals surface area contributed by atoms with Crippen molar-refractivity contribution >= 4 is 22.8 Å². The van der Waals surface area contributed by atoms with Crippen LogP contribution in [0.5, 0.6) is 0 Å². The van der Waals surface area contributed by atoms with Crippen LogP contribution < -0.4 is 10.6 Å². The second-order valence-corrected chi connectivity index (χ2v) is 8.69. The van der Waals surface area contributed by atoms with E-state index >= 15 is 0 Å². The maximum Gasteiger partial charge on any atom is 0.162 e. The zero-order chi connectivity index (χ0) is 19.2. The Kier molecular flexibility index (Phi) is 4.12. The maximum absolute atomic E-state index is 13.2. The number of nitrogens with two attached hydrogens (primary N) is 1. The zero-order valence-electron chi connectivity index (χ0n) is 15.3. The molecule has 2 aliphatic rings. The van der Waals surface area contributed by atoms with Gasteiger partial charge in [0.15, 0.2) is 5.78 Å². The number of hydrogen-bond donors (Lipinski definition) is 1. The molecule has 4 rings (SSSR count). The maximum atomic E-state index is 13.2. The molecule has 0 amide bonds. The lowest BCUT2D eigenvalue weighted by molar-refractivity contribution is -0.118. The summed E-state index contributed by atoms with van der Waals surface area (Å²) < 4.78 is 0. The molecule has 0 radical (unpaired) electrons. The van der Waals surface area contributed by atoms with E-state index < -0.39 is 0 Å². The van der Waals surface area contributed by atoms with Crippen molar-refractivity contribution in [3.63, 3.8) is 0 Å². The van der Waals surface area contributed by atoms with Crippen molar-refractivity contribution in [2.24, 2.45) is 11.1 Å². The molecular formula is C21H20N4OS. The van der Waals surface area contributed by atoms with E-state index in [4.69, 9.17) is 5.73 Å². The van der Waals surface area contributed by atoms with E-state index in [-0.39, 0.29) is 17.1 Å². The first-order valence-corrected chi connectivity index (χ1v) is 9.70. The fourth-order valence-corrected chi connectivity index (χ4v) is 4.87. The molecule has 0 aromatic carbocycles. The van der Waals surface area contributed by atoms with Gasteiger partial charge in [0.05, 0.1) is 29.4 Å². The van der Waals surface area contributed by atoms with Crippen LogP contribution in [0.4, 0.5) is 5.69 Å². The molecule has 0 bridgehead atoms. The Morgan fingerprint density at radius 2 is 2.15 bits per heavy atom. The summed E-state index contributed by atoms with van der Waals surface area (Å²) in [6.07, 6.45) is 4.58. The number of aromatic nitrogens is 1. The molecule has 2 aromatic rings. The number of Topliss-reactive ketones (excluding diaryl/α,β-unsaturated/α-hetero) is 1. The van der Waals surface area contributed by atoms with E-state index in [0.717, 1.165) is 16.3 Å². The monoisotopic (exact) mass is 376 g/mol. The lowest BCUT2D eigenvalue weighted by Gasteiger charge is -2.43. The zero-order valence-corrected chi connectivity index (χ0v) is 16.1. The summed E-state index contributed by atoms with van der Waals surface area (Å²) in [5, 5.41) is 11.9. The normalized spacial score (nSPS) is 21.9. The largest absolute Gasteiger partial charge is 0.384 e. The summed E-state index contributed by atoms with van der Waals surface area (Å²) in [5.74, 6) is 0.0865. The minimum absolute atomic E-state index is 0.0915. The van der Waals surface area contributed by atoms with Crippen LogP contribution in [-0.4, -0.2) is 10.8 Å². The number of pyridine rings is 1. The molecule has 0 spiro atoms. The summed E-state index contributed by atoms with van der Waals surface area (Å²) in [6.45, 7) is 4.19. The summed E-state index contributed by atoms with van der Waals surface area (Å²) in [7, 11) is 0. The Morgan fingerprint density at radius 3 is 2.78 bits per heavy atom. The molecule has 2 aromatic heterocycles. The lowest BCUT2D eigenvalue weighted by Crippen LogP contribution is -2.42. The lowest BCUT2D eigenvalue weighted by atomic mass is 9.69. The number of carbonyl (C=O) groups is 1. The average molecular weight is 376 g/mol. The molecule has 6 heteroatoms. The van der Waals surface area contributed by atoms with Crippen LogP contribution >= 0.6 is 11.3 Å². The molecule has 0 fully saturated rings. The van der Waals surface area contributed by atoms with Gasteiger partial charge < -0.3 is 5.73 Å². The fourth-order valence-electron chi connectivity index (χ4n) is 4.03. The summed E-state index contributed by atoms with van der Waals surface area (Å²) in [5.41, 5.74) is 9.13. The van der Waals surface area contributed by atoms with Gasteiger partial charge in [-0.15, -0.1) is 11.3 Å². The molecule has 0 unspecified atom stereocenters. The van der Waals surface area contributed by atoms with E-state index in [1.54, 1.807) is 23.7 Å². The molecule has 1 aliphatic carbocycles. The molecule has 27 heavy (non-hydrogen) atoms. The highest BCUT2D eigenvalue weighted by Crippen LogP contribution is 2.50. The Morgan fingerprint density at radius 1 is 1.33 bits per heavy atom. The van der Waals surface area contributed by atoms with Crippen molar-refractivity contribution < 1.29 is 4.79 Å². The van der Waals surface area contributed by atoms with Crippen LogP contribution in [-0.2, 0) is 4.79 Å². The van der Waals surface area contributed by atoms with Crippen molar-refractivity contribution in [1.82, 2.24) is 4.98 Å². The Balaban J connectivity index is 2.00. The Hall–Kier alpha value is -2.91. The molecule has 1 atom stereocenters. The molecule has 3 heterocycles. The van der Waals surface area contributed by atoms with Gasteiger partial charge in [-0.25, -0.2) is 0 Å². The first-order chi connectivity index (χ1) is 12.9. The van der Waals surface area contributed by atoms with Crippen LogP contribution in [0.2, 0.25) is 0 Å². The van der Waals surface area contributed by atoms with Crippen molar-refractivity contribution in [3.05, 3.63) is 69.6 Å². The van der Waals surface area contributed by atoms with Gasteiger partial charge in [0.2, 0.25) is 0 Å². The van der Waals surface area contributed by atoms with Gasteiger partial charge in [-0.05, 0) is 35.4 Å². The number of nitriles is 1. The summed E-state index contributed by atoms with van der Waals surface area (Å²) >= 11 is 1.55. The number of anilines is 1. The van der Waals surface area contributed by atoms with Crippen LogP contribution in [0.25, 0.3) is 0 Å². The minimum Gasteiger partial charge on any atom is -0.384 e. The Bertz CT molecular complexity index is 997. The van der Waals surface area contributed by atoms with Gasteiger partial charge in [0.25, 0.3) is 0 Å². The van der Waals surface area contributed by atoms with Gasteiger partial charge in [0, 0.05) is 28.8 Å². The first kappa shape index (κ1) is 17.5. The van der Waals surface area contributed by atoms with Gasteiger partial charge in [-0.1, -0.05) is 19.9 Å². The van der Waals surface area contributed by atoms with Gasteiger partial charge in [-0.3, -0.25) is 14.7 Å². The SMILES string of the molecule is CC1(C)CC(=O)C2=C(C1)N(c1cccnc1)C(N)=C(C#N)[C@@H]2c1cccs1. The highest BCUT2D eigenvalue weighted by atomic mass is 32.1. The molecule has 5 nitrogen and oxygen atoms in total. The van der Waals surface area contributed by atoms with E-state index in [2.05, 4.69) is 24.9 Å². The van der Waals surface area contributed by atoms with Crippen molar-refractivity contribution in [3.8, 4) is 6.07 Å². The highest BCUT2D eigenvalue weighted by Gasteiger charge is 2.44. The predicted octanol–water partition coefficient (Wildman–Crippen LogP) is 4.08. The second kappa shape index (κ2) is 6.36. The standard InChI is InChI=1S/C21H20N4OS/c1-21(2)9-15-19(16(26)10-21)18(17-6-4-8-27-17)14(11-22)20(23)25(15)13-5-3-7-24-12-13/h3-8,12,18H,9-10,23H2,1-2H3/t18-/m1/s1. The molecule has 1 aliphatic heterocycles. The van der Waals surface area contributed by atoms with Crippen molar-refractivity contribution in [1.29, 1.82) is 5.26 Å². The van der Waals surface area contributed by atoms with Gasteiger partial charge >= 0.3 is 0 Å². The number of thiophene rings is 1. The Labute approximate surface area is 162 Å². The predicted molar refractivity (Wildman–Crippen MR) is 106 cm³/mol. The smallest absolute Gasteiger partial charge is 0.162 e. The highest BCUT2D eigenvalue weighted by molar-refractivity contribution is 7.10. The van der Waals surface area contributed by atoms with E-state index in [0.29, 0.717) is 29.8 Å². The topological polar surface area (TPSA) is 83.0 Å². The van der Waals surface area contributed by atoms with Crippen LogP contribution in [0.3, 0.4) is 0 Å². The second-order valence-electron chi connectivity index (χ2n) is 7.71. The van der Waals surface area contributed by atoms with E-state index in [1.807, 2.05) is 34.5 Å². The average Bonchev–Trinajstić information content (AvgIpc) is 3.14. The van der Waals surface area contributed by atoms with Crippen LogP contribution in [0.1, 0.15) is 37.5 Å². The van der Waals surface area contributed by atoms with E-state index in [1.165, 1.54) is 0 Å². The van der Waals surface area contributed by atoms with Gasteiger partial charge in [-0.2, -0.15) is 5.26 Å². The summed E-state index contributed by atoms with van der Waals surface area (Å²) in [4.78, 5) is 20.2. The number of rotatable bonds is 2. The number of nitrogens with zero attached hydrogens (tertiary/aromatic N) is 3. The fraction of sp³-hybridized carbons (Fsp3) is 0.286. The quantitative estimate of drug-likeness (QED) is 0.854.